The molecule has 0 fully saturated rings. The number of phenols is 1. The van der Waals surface area contributed by atoms with Crippen LogP contribution in [0.1, 0.15) is 0 Å². The van der Waals surface area contributed by atoms with Crippen molar-refractivity contribution >= 4 is 0 Å². The molecule has 0 aliphatic rings. The summed E-state index contributed by atoms with van der Waals surface area (Å²) < 4.78 is 11.5. The molecular formula is C24H18O5. The van der Waals surface area contributed by atoms with Gasteiger partial charge in [-0.05, 0) is 72.8 Å². The number of rotatable bonds is 7. The van der Waals surface area contributed by atoms with Crippen molar-refractivity contribution in [1.29, 1.82) is 0 Å². The van der Waals surface area contributed by atoms with Gasteiger partial charge in [-0.15, -0.1) is 0 Å². The Morgan fingerprint density at radius 1 is 0.414 bits per heavy atom. The third-order valence-corrected chi connectivity index (χ3v) is 3.91. The predicted molar refractivity (Wildman–Crippen MR) is 109 cm³/mol. The van der Waals surface area contributed by atoms with Crippen LogP contribution in [0.5, 0.6) is 40.2 Å². The molecular weight excluding hydrogens is 368 g/mol. The van der Waals surface area contributed by atoms with E-state index in [1.807, 2.05) is 30.3 Å². The summed E-state index contributed by atoms with van der Waals surface area (Å²) in [5.74, 6) is 3.87. The molecule has 0 bridgehead atoms. The minimum Gasteiger partial charge on any atom is -0.508 e. The fraction of sp³-hybridized carbons (Fsp3) is 0. The van der Waals surface area contributed by atoms with Gasteiger partial charge in [-0.3, -0.25) is 9.78 Å². The normalized spacial score (nSPS) is 10.2. The molecule has 4 rings (SSSR count). The quantitative estimate of drug-likeness (QED) is 0.296. The first-order valence-corrected chi connectivity index (χ1v) is 8.99. The maximum absolute atomic E-state index is 9.34. The molecule has 0 saturated carbocycles. The summed E-state index contributed by atoms with van der Waals surface area (Å²) in [6.07, 6.45) is 0. The highest BCUT2D eigenvalue weighted by atomic mass is 17.2. The topological polar surface area (TPSA) is 57.2 Å². The van der Waals surface area contributed by atoms with Gasteiger partial charge in [0, 0.05) is 6.07 Å². The van der Waals surface area contributed by atoms with Crippen molar-refractivity contribution in [2.75, 3.05) is 0 Å². The van der Waals surface area contributed by atoms with E-state index < -0.39 is 0 Å². The van der Waals surface area contributed by atoms with Crippen molar-refractivity contribution in [3.8, 4) is 40.2 Å². The highest BCUT2D eigenvalue weighted by Crippen LogP contribution is 2.28. The third-order valence-electron chi connectivity index (χ3n) is 3.91. The van der Waals surface area contributed by atoms with Crippen LogP contribution in [0.2, 0.25) is 0 Å². The molecule has 0 aromatic heterocycles. The Morgan fingerprint density at radius 2 is 0.897 bits per heavy atom. The van der Waals surface area contributed by atoms with E-state index in [0.717, 1.165) is 5.75 Å². The lowest BCUT2D eigenvalue weighted by atomic mass is 10.3. The van der Waals surface area contributed by atoms with Crippen LogP contribution in [0.15, 0.2) is 103 Å². The van der Waals surface area contributed by atoms with E-state index in [-0.39, 0.29) is 5.75 Å². The van der Waals surface area contributed by atoms with Crippen LogP contribution in [-0.2, 0) is 0 Å². The van der Waals surface area contributed by atoms with Gasteiger partial charge in [-0.1, -0.05) is 24.3 Å². The summed E-state index contributed by atoms with van der Waals surface area (Å²) in [5, 5.41) is 9.34. The SMILES string of the molecule is Oc1ccc(Oc2cccc(OOc3ccc(Oc4ccccc4)cc3)c2)cc1. The number of ether oxygens (including phenoxy) is 2. The molecule has 0 amide bonds. The van der Waals surface area contributed by atoms with Gasteiger partial charge in [0.2, 0.25) is 0 Å². The van der Waals surface area contributed by atoms with Crippen LogP contribution >= 0.6 is 0 Å². The third kappa shape index (κ3) is 5.20. The van der Waals surface area contributed by atoms with E-state index in [9.17, 15) is 5.11 Å². The summed E-state index contributed by atoms with van der Waals surface area (Å²) >= 11 is 0. The van der Waals surface area contributed by atoms with Gasteiger partial charge in [-0.25, -0.2) is 0 Å². The first-order valence-electron chi connectivity index (χ1n) is 8.99. The molecule has 0 heterocycles. The van der Waals surface area contributed by atoms with Crippen LogP contribution < -0.4 is 19.2 Å². The van der Waals surface area contributed by atoms with E-state index >= 15 is 0 Å². The van der Waals surface area contributed by atoms with Crippen molar-refractivity contribution in [2.45, 2.75) is 0 Å². The summed E-state index contributed by atoms with van der Waals surface area (Å²) in [5.41, 5.74) is 0. The van der Waals surface area contributed by atoms with Crippen molar-refractivity contribution in [2.24, 2.45) is 0 Å². The number of aromatic hydroxyl groups is 1. The molecule has 4 aromatic rings. The minimum absolute atomic E-state index is 0.183. The number of benzene rings is 4. The average Bonchev–Trinajstić information content (AvgIpc) is 2.76. The average molecular weight is 386 g/mol. The van der Waals surface area contributed by atoms with Crippen LogP contribution in [-0.4, -0.2) is 5.11 Å². The van der Waals surface area contributed by atoms with E-state index in [4.69, 9.17) is 19.2 Å². The van der Waals surface area contributed by atoms with Crippen molar-refractivity contribution in [1.82, 2.24) is 0 Å². The molecule has 5 nitrogen and oxygen atoms in total. The van der Waals surface area contributed by atoms with Crippen LogP contribution in [0.4, 0.5) is 0 Å². The minimum atomic E-state index is 0.183. The predicted octanol–water partition coefficient (Wildman–Crippen LogP) is 6.35. The summed E-state index contributed by atoms with van der Waals surface area (Å²) in [6.45, 7) is 0. The van der Waals surface area contributed by atoms with Gasteiger partial charge in [0.25, 0.3) is 0 Å². The van der Waals surface area contributed by atoms with Crippen molar-refractivity contribution in [3.63, 3.8) is 0 Å². The smallest absolute Gasteiger partial charge is 0.182 e. The summed E-state index contributed by atoms with van der Waals surface area (Å²) in [6, 6.07) is 30.2. The van der Waals surface area contributed by atoms with Gasteiger partial charge in [-0.2, -0.15) is 0 Å². The Balaban J connectivity index is 1.34. The molecule has 0 spiro atoms. The van der Waals surface area contributed by atoms with Crippen LogP contribution in [0.3, 0.4) is 0 Å². The molecule has 4 aromatic carbocycles. The Kier molecular flexibility index (Phi) is 5.48. The fourth-order valence-corrected chi connectivity index (χ4v) is 2.52. The number of hydrogen-bond acceptors (Lipinski definition) is 5. The maximum atomic E-state index is 9.34. The zero-order valence-corrected chi connectivity index (χ0v) is 15.4. The van der Waals surface area contributed by atoms with E-state index in [0.29, 0.717) is 28.7 Å². The van der Waals surface area contributed by atoms with Crippen LogP contribution in [0.25, 0.3) is 0 Å². The standard InChI is InChI=1S/C24H18O5/c25-18-9-11-20(12-10-18)27-23-7-4-8-24(17-23)29-28-22-15-13-21(14-16-22)26-19-5-2-1-3-6-19/h1-17,25H. The highest BCUT2D eigenvalue weighted by molar-refractivity contribution is 5.39. The molecule has 1 N–H and O–H groups in total. The Labute approximate surface area is 168 Å². The molecule has 0 aliphatic carbocycles. The fourth-order valence-electron chi connectivity index (χ4n) is 2.52. The lowest BCUT2D eigenvalue weighted by Gasteiger charge is -2.09. The van der Waals surface area contributed by atoms with Gasteiger partial charge >= 0.3 is 0 Å². The number of para-hydroxylation sites is 1. The van der Waals surface area contributed by atoms with E-state index in [1.165, 1.54) is 0 Å². The van der Waals surface area contributed by atoms with Gasteiger partial charge < -0.3 is 14.6 Å². The molecule has 0 unspecified atom stereocenters. The highest BCUT2D eigenvalue weighted by Gasteiger charge is 2.04. The summed E-state index contributed by atoms with van der Waals surface area (Å²) in [4.78, 5) is 10.8. The lowest BCUT2D eigenvalue weighted by molar-refractivity contribution is -0.100. The monoisotopic (exact) mass is 386 g/mol. The first kappa shape index (κ1) is 18.3. The molecule has 0 saturated heterocycles. The van der Waals surface area contributed by atoms with E-state index in [2.05, 4.69) is 0 Å². The molecule has 0 aliphatic heterocycles. The molecule has 29 heavy (non-hydrogen) atoms. The zero-order chi connectivity index (χ0) is 19.9. The maximum Gasteiger partial charge on any atom is 0.182 e. The van der Waals surface area contributed by atoms with Crippen molar-refractivity contribution in [3.05, 3.63) is 103 Å². The molecule has 0 radical (unpaired) electrons. The summed E-state index contributed by atoms with van der Waals surface area (Å²) in [7, 11) is 0. The number of phenolic OH excluding ortho intramolecular Hbond substituents is 1. The van der Waals surface area contributed by atoms with Gasteiger partial charge in [0.1, 0.15) is 28.7 Å². The largest absolute Gasteiger partial charge is 0.508 e. The Morgan fingerprint density at radius 3 is 1.62 bits per heavy atom. The molecule has 5 heteroatoms. The van der Waals surface area contributed by atoms with Crippen molar-refractivity contribution < 1.29 is 24.4 Å². The Bertz CT molecular complexity index is 1040. The Hall–Kier alpha value is -4.12. The molecule has 144 valence electrons. The van der Waals surface area contributed by atoms with Gasteiger partial charge in [0.15, 0.2) is 11.5 Å². The first-order chi connectivity index (χ1) is 14.2. The number of hydrogen-bond donors (Lipinski definition) is 1. The zero-order valence-electron chi connectivity index (χ0n) is 15.4. The second-order valence-corrected chi connectivity index (χ2v) is 6.12. The second-order valence-electron chi connectivity index (χ2n) is 6.12. The lowest BCUT2D eigenvalue weighted by Crippen LogP contribution is -2.00. The van der Waals surface area contributed by atoms with Crippen LogP contribution in [0, 0.1) is 0 Å². The van der Waals surface area contributed by atoms with Gasteiger partial charge in [0.05, 0.1) is 0 Å². The molecule has 0 atom stereocenters. The van der Waals surface area contributed by atoms with E-state index in [1.54, 1.807) is 72.8 Å². The second kappa shape index (κ2) is 8.71.